The highest BCUT2D eigenvalue weighted by Crippen LogP contribution is 2.39. The molecule has 2 aliphatic heterocycles. The van der Waals surface area contributed by atoms with Crippen molar-refractivity contribution in [3.8, 4) is 0 Å². The summed E-state index contributed by atoms with van der Waals surface area (Å²) in [4.78, 5) is 14.2. The second-order valence-corrected chi connectivity index (χ2v) is 12.4. The van der Waals surface area contributed by atoms with Crippen LogP contribution in [-0.4, -0.2) is 63.2 Å². The van der Waals surface area contributed by atoms with E-state index in [1.165, 1.54) is 28.7 Å². The van der Waals surface area contributed by atoms with Gasteiger partial charge in [-0.15, -0.1) is 0 Å². The van der Waals surface area contributed by atoms with Gasteiger partial charge in [-0.1, -0.05) is 63.4 Å². The van der Waals surface area contributed by atoms with Crippen LogP contribution >= 0.6 is 27.0 Å². The van der Waals surface area contributed by atoms with Crippen LogP contribution in [0.5, 0.6) is 0 Å². The molecule has 2 aliphatic carbocycles. The van der Waals surface area contributed by atoms with E-state index in [9.17, 15) is 15.0 Å². The lowest BCUT2D eigenvalue weighted by Gasteiger charge is -2.37. The predicted molar refractivity (Wildman–Crippen MR) is 179 cm³/mol. The van der Waals surface area contributed by atoms with Gasteiger partial charge in [0.1, 0.15) is 5.60 Å². The number of hydrogen-bond acceptors (Lipinski definition) is 5. The van der Waals surface area contributed by atoms with Crippen LogP contribution in [0.3, 0.4) is 0 Å². The minimum absolute atomic E-state index is 0. The van der Waals surface area contributed by atoms with Crippen molar-refractivity contribution in [3.05, 3.63) is 70.8 Å². The van der Waals surface area contributed by atoms with Gasteiger partial charge in [-0.05, 0) is 75.3 Å². The van der Waals surface area contributed by atoms with E-state index in [4.69, 9.17) is 4.74 Å². The monoisotopic (exact) mass is 606 g/mol. The number of likely N-dealkylation sites (tertiary alicyclic amines) is 1. The average molecular weight is 607 g/mol. The number of carbonyl (C=O) groups is 1. The summed E-state index contributed by atoms with van der Waals surface area (Å²) in [7, 11) is 0. The molecule has 0 saturated carbocycles. The number of rotatable bonds is 2. The van der Waals surface area contributed by atoms with Crippen molar-refractivity contribution >= 4 is 33.1 Å². The molecule has 2 fully saturated rings. The van der Waals surface area contributed by atoms with Crippen LogP contribution in [0.4, 0.5) is 4.79 Å². The van der Waals surface area contributed by atoms with Gasteiger partial charge in [0.05, 0.1) is 17.2 Å². The Kier molecular flexibility index (Phi) is 13.3. The summed E-state index contributed by atoms with van der Waals surface area (Å²) in [6.07, 6.45) is 6.64. The molecular weight excluding hydrogens is 553 g/mol. The Morgan fingerprint density at radius 1 is 0.829 bits per heavy atom. The molecular formula is C33H54N2O4S2. The Morgan fingerprint density at radius 3 is 1.71 bits per heavy atom. The molecule has 3 N–H and O–H groups in total. The predicted octanol–water partition coefficient (Wildman–Crippen LogP) is 5.68. The molecule has 6 nitrogen and oxygen atoms in total. The lowest BCUT2D eigenvalue weighted by Crippen LogP contribution is -2.53. The molecule has 232 valence electrons. The number of aliphatic hydroxyl groups is 2. The first-order valence-electron chi connectivity index (χ1n) is 13.9. The fourth-order valence-corrected chi connectivity index (χ4v) is 6.74. The number of carbonyl (C=O) groups excluding carboxylic acids is 1. The van der Waals surface area contributed by atoms with Gasteiger partial charge in [0.2, 0.25) is 0 Å². The number of amides is 1. The summed E-state index contributed by atoms with van der Waals surface area (Å²) in [5, 5.41) is 25.3. The maximum atomic E-state index is 12.4. The zero-order chi connectivity index (χ0) is 26.3. The number of benzene rings is 2. The maximum absolute atomic E-state index is 12.4. The molecule has 2 atom stereocenters. The summed E-state index contributed by atoms with van der Waals surface area (Å²) < 4.78 is 5.51. The minimum atomic E-state index is -0.864. The molecule has 1 amide bonds. The fourth-order valence-electron chi connectivity index (χ4n) is 6.74. The van der Waals surface area contributed by atoms with E-state index >= 15 is 0 Å². The highest BCUT2D eigenvalue weighted by Gasteiger charge is 2.48. The van der Waals surface area contributed by atoms with E-state index in [-0.39, 0.29) is 54.0 Å². The van der Waals surface area contributed by atoms with Crippen LogP contribution in [0, 0.1) is 0 Å². The first kappa shape index (κ1) is 37.3. The molecule has 0 bridgehead atoms. The summed E-state index contributed by atoms with van der Waals surface area (Å²) in [6.45, 7) is 7.34. The van der Waals surface area contributed by atoms with Gasteiger partial charge in [0.25, 0.3) is 0 Å². The highest BCUT2D eigenvalue weighted by atomic mass is 32.1. The largest absolute Gasteiger partial charge is 0.444 e. The van der Waals surface area contributed by atoms with Gasteiger partial charge >= 0.3 is 6.09 Å². The maximum Gasteiger partial charge on any atom is 0.410 e. The first-order chi connectivity index (χ1) is 17.6. The summed E-state index contributed by atoms with van der Waals surface area (Å²) in [5.74, 6) is 0. The van der Waals surface area contributed by atoms with E-state index in [1.54, 1.807) is 4.90 Å². The number of hydrogen-bond donors (Lipinski definition) is 3. The quantitative estimate of drug-likeness (QED) is 0.410. The fraction of sp³-hybridized carbons (Fsp3) is 0.606. The zero-order valence-corrected chi connectivity index (χ0v) is 25.5. The topological polar surface area (TPSA) is 82.0 Å². The third-order valence-corrected chi connectivity index (χ3v) is 8.43. The molecule has 2 aromatic carbocycles. The zero-order valence-electron chi connectivity index (χ0n) is 23.5. The molecule has 2 saturated heterocycles. The van der Waals surface area contributed by atoms with Gasteiger partial charge < -0.3 is 25.2 Å². The SMILES string of the molecule is C.C.CC(C)(C)OC(=O)N1CCC[C@H]1C1(O)Cc2ccccc2C1.OC1([C@@H]2CCCN2)Cc2ccccc2C1.S.S. The summed E-state index contributed by atoms with van der Waals surface area (Å²) in [6, 6.07) is 16.7. The van der Waals surface area contributed by atoms with Crippen LogP contribution in [-0.2, 0) is 30.4 Å². The number of nitrogens with one attached hydrogen (secondary N) is 1. The van der Waals surface area contributed by atoms with Gasteiger partial charge in [-0.25, -0.2) is 4.79 Å². The Labute approximate surface area is 262 Å². The molecule has 4 aliphatic rings. The standard InChI is InChI=1S/C18H25NO3.C13H17NO.2CH4.2H2S/c1-17(2,3)22-16(20)19-10-6-9-15(19)18(21)11-13-7-4-5-8-14(13)12-18;15-13(12-6-3-7-14-12)8-10-4-1-2-5-11(10)9-13;;;;/h4-5,7-8,15,21H,6,9-12H2,1-3H3;1-2,4-5,12,14-15H,3,6-9H2;2*1H4;2*1H2/t15-;12-;;;;/m00..../s1. The summed E-state index contributed by atoms with van der Waals surface area (Å²) >= 11 is 0. The van der Waals surface area contributed by atoms with Crippen LogP contribution in [0.25, 0.3) is 0 Å². The van der Waals surface area contributed by atoms with Crippen molar-refractivity contribution in [2.75, 3.05) is 13.1 Å². The van der Waals surface area contributed by atoms with Crippen LogP contribution < -0.4 is 5.32 Å². The summed E-state index contributed by atoms with van der Waals surface area (Å²) in [5.41, 5.74) is 3.15. The smallest absolute Gasteiger partial charge is 0.410 e. The van der Waals surface area contributed by atoms with E-state index in [1.807, 2.05) is 32.9 Å². The van der Waals surface area contributed by atoms with Gasteiger partial charge in [-0.2, -0.15) is 27.0 Å². The second-order valence-electron chi connectivity index (χ2n) is 12.4. The Hall–Kier alpha value is -1.71. The van der Waals surface area contributed by atoms with Crippen LogP contribution in [0.15, 0.2) is 48.5 Å². The molecule has 2 aromatic rings. The molecule has 0 spiro atoms. The molecule has 0 radical (unpaired) electrons. The Balaban J connectivity index is 0.000000393. The minimum Gasteiger partial charge on any atom is -0.444 e. The van der Waals surface area contributed by atoms with E-state index in [0.29, 0.717) is 25.4 Å². The molecule has 8 heteroatoms. The van der Waals surface area contributed by atoms with E-state index in [2.05, 4.69) is 41.7 Å². The van der Waals surface area contributed by atoms with E-state index < -0.39 is 16.8 Å². The molecule has 41 heavy (non-hydrogen) atoms. The Bertz CT molecular complexity index is 1080. The van der Waals surface area contributed by atoms with Crippen LogP contribution in [0.1, 0.15) is 83.6 Å². The van der Waals surface area contributed by atoms with Crippen molar-refractivity contribution in [2.45, 2.75) is 116 Å². The third-order valence-electron chi connectivity index (χ3n) is 8.43. The Morgan fingerprint density at radius 2 is 1.29 bits per heavy atom. The number of ether oxygens (including phenoxy) is 1. The lowest BCUT2D eigenvalue weighted by atomic mass is 9.89. The number of fused-ring (bicyclic) bond motifs is 2. The normalized spacial score (nSPS) is 22.8. The van der Waals surface area contributed by atoms with Crippen molar-refractivity contribution < 1.29 is 19.7 Å². The molecule has 0 aromatic heterocycles. The van der Waals surface area contributed by atoms with Gasteiger partial charge in [0.15, 0.2) is 0 Å². The highest BCUT2D eigenvalue weighted by molar-refractivity contribution is 7.59. The van der Waals surface area contributed by atoms with Crippen molar-refractivity contribution in [3.63, 3.8) is 0 Å². The van der Waals surface area contributed by atoms with Crippen LogP contribution in [0.2, 0.25) is 0 Å². The number of nitrogens with zero attached hydrogens (tertiary/aromatic N) is 1. The van der Waals surface area contributed by atoms with Crippen molar-refractivity contribution in [1.82, 2.24) is 10.2 Å². The van der Waals surface area contributed by atoms with Gasteiger partial charge in [-0.3, -0.25) is 0 Å². The second kappa shape index (κ2) is 14.6. The van der Waals surface area contributed by atoms with Crippen molar-refractivity contribution in [1.29, 1.82) is 0 Å². The molecule has 6 rings (SSSR count). The molecule has 2 heterocycles. The van der Waals surface area contributed by atoms with E-state index in [0.717, 1.165) is 38.6 Å². The average Bonchev–Trinajstić information content (AvgIpc) is 3.62. The molecule has 0 unspecified atom stereocenters. The van der Waals surface area contributed by atoms with Gasteiger partial charge in [0, 0.05) is 38.3 Å². The van der Waals surface area contributed by atoms with Crippen molar-refractivity contribution in [2.24, 2.45) is 0 Å². The third kappa shape index (κ3) is 8.23. The first-order valence-corrected chi connectivity index (χ1v) is 13.9. The lowest BCUT2D eigenvalue weighted by molar-refractivity contribution is -0.0381.